The summed E-state index contributed by atoms with van der Waals surface area (Å²) in [6.07, 6.45) is -1.29. The summed E-state index contributed by atoms with van der Waals surface area (Å²) in [7, 11) is 1.36. The minimum Gasteiger partial charge on any atom is -0.350 e. The molecule has 1 aromatic heterocycles. The number of halogens is 3. The first-order valence-corrected chi connectivity index (χ1v) is 6.92. The first-order chi connectivity index (χ1) is 9.79. The predicted molar refractivity (Wildman–Crippen MR) is 70.8 cm³/mol. The number of amides is 1. The second kappa shape index (κ2) is 6.05. The van der Waals surface area contributed by atoms with Crippen LogP contribution in [-0.2, 0) is 13.2 Å². The molecule has 1 saturated heterocycles. The maximum atomic E-state index is 12.8. The quantitative estimate of drug-likeness (QED) is 0.920. The summed E-state index contributed by atoms with van der Waals surface area (Å²) in [5.41, 5.74) is -1.57. The Balaban J connectivity index is 2.00. The monoisotopic (exact) mass is 304 g/mol. The number of nitrogens with one attached hydrogen (secondary N) is 1. The van der Waals surface area contributed by atoms with Gasteiger partial charge >= 0.3 is 6.18 Å². The Hall–Kier alpha value is -1.57. The summed E-state index contributed by atoms with van der Waals surface area (Å²) in [4.78, 5) is 14.2. The molecule has 0 spiro atoms. The van der Waals surface area contributed by atoms with Gasteiger partial charge in [-0.2, -0.15) is 18.3 Å². The molecule has 118 valence electrons. The Morgan fingerprint density at radius 2 is 2.05 bits per heavy atom. The molecule has 0 aliphatic carbocycles. The van der Waals surface area contributed by atoms with E-state index in [1.54, 1.807) is 0 Å². The lowest BCUT2D eigenvalue weighted by atomic mass is 10.2. The smallest absolute Gasteiger partial charge is 0.350 e. The lowest BCUT2D eigenvalue weighted by Gasteiger charge is -2.23. The second-order valence-corrected chi connectivity index (χ2v) is 5.36. The number of alkyl halides is 3. The van der Waals surface area contributed by atoms with Crippen molar-refractivity contribution < 1.29 is 18.0 Å². The van der Waals surface area contributed by atoms with Crippen LogP contribution in [0, 0.1) is 0 Å². The number of carbonyl (C=O) groups is 1. The summed E-state index contributed by atoms with van der Waals surface area (Å²) in [6, 6.07) is 0.113. The Morgan fingerprint density at radius 3 is 2.62 bits per heavy atom. The second-order valence-electron chi connectivity index (χ2n) is 5.36. The van der Waals surface area contributed by atoms with Gasteiger partial charge in [-0.25, -0.2) is 0 Å². The summed E-state index contributed by atoms with van der Waals surface area (Å²) in [5.74, 6) is -0.735. The normalized spacial score (nSPS) is 18.0. The minimum absolute atomic E-state index is 0.113. The van der Waals surface area contributed by atoms with Crippen LogP contribution in [0.4, 0.5) is 13.2 Å². The van der Waals surface area contributed by atoms with Gasteiger partial charge in [0.15, 0.2) is 5.69 Å². The van der Waals surface area contributed by atoms with Crippen molar-refractivity contribution in [1.82, 2.24) is 20.0 Å². The van der Waals surface area contributed by atoms with E-state index in [9.17, 15) is 18.0 Å². The summed E-state index contributed by atoms with van der Waals surface area (Å²) in [5, 5.41) is 5.90. The Kier molecular flexibility index (Phi) is 4.55. The third kappa shape index (κ3) is 3.75. The molecule has 21 heavy (non-hydrogen) atoms. The largest absolute Gasteiger partial charge is 0.435 e. The standard InChI is InChI=1S/C13H19F3N4O/c1-9(20-5-3-4-6-20)7-17-12(21)10-8-19(2)18-11(10)13(14,15)16/h8-9H,3-7H2,1-2H3,(H,17,21). The van der Waals surface area contributed by atoms with Crippen LogP contribution in [0.2, 0.25) is 0 Å². The third-order valence-corrected chi connectivity index (χ3v) is 3.66. The number of hydrogen-bond donors (Lipinski definition) is 1. The fraction of sp³-hybridized carbons (Fsp3) is 0.692. The highest BCUT2D eigenvalue weighted by molar-refractivity contribution is 5.95. The van der Waals surface area contributed by atoms with Gasteiger partial charge < -0.3 is 5.32 Å². The van der Waals surface area contributed by atoms with E-state index in [1.807, 2.05) is 6.92 Å². The maximum absolute atomic E-state index is 12.8. The van der Waals surface area contributed by atoms with Gasteiger partial charge in [-0.05, 0) is 32.9 Å². The van der Waals surface area contributed by atoms with E-state index in [0.717, 1.165) is 36.8 Å². The van der Waals surface area contributed by atoms with Gasteiger partial charge in [0.25, 0.3) is 5.91 Å². The van der Waals surface area contributed by atoms with Crippen LogP contribution in [0.15, 0.2) is 6.20 Å². The summed E-state index contributed by atoms with van der Waals surface area (Å²) >= 11 is 0. The van der Waals surface area contributed by atoms with Gasteiger partial charge in [-0.1, -0.05) is 0 Å². The molecule has 2 rings (SSSR count). The van der Waals surface area contributed by atoms with E-state index in [4.69, 9.17) is 0 Å². The summed E-state index contributed by atoms with van der Waals surface area (Å²) < 4.78 is 39.4. The molecule has 1 amide bonds. The molecular formula is C13H19F3N4O. The molecule has 1 aliphatic heterocycles. The molecule has 1 atom stereocenters. The molecular weight excluding hydrogens is 285 g/mol. The molecule has 0 aromatic carbocycles. The Labute approximate surface area is 121 Å². The molecule has 2 heterocycles. The van der Waals surface area contributed by atoms with Crippen molar-refractivity contribution in [2.75, 3.05) is 19.6 Å². The molecule has 5 nitrogen and oxygen atoms in total. The lowest BCUT2D eigenvalue weighted by molar-refractivity contribution is -0.141. The molecule has 1 aliphatic rings. The van der Waals surface area contributed by atoms with Crippen LogP contribution in [0.5, 0.6) is 0 Å². The number of hydrogen-bond acceptors (Lipinski definition) is 3. The fourth-order valence-corrected chi connectivity index (χ4v) is 2.51. The van der Waals surface area contributed by atoms with Crippen molar-refractivity contribution in [2.24, 2.45) is 7.05 Å². The molecule has 1 unspecified atom stereocenters. The highest BCUT2D eigenvalue weighted by Gasteiger charge is 2.39. The molecule has 0 saturated carbocycles. The van der Waals surface area contributed by atoms with Crippen molar-refractivity contribution >= 4 is 5.91 Å². The first-order valence-electron chi connectivity index (χ1n) is 6.92. The van der Waals surface area contributed by atoms with Crippen LogP contribution in [0.25, 0.3) is 0 Å². The van der Waals surface area contributed by atoms with Crippen molar-refractivity contribution in [3.63, 3.8) is 0 Å². The van der Waals surface area contributed by atoms with Crippen LogP contribution in [0.1, 0.15) is 35.8 Å². The average Bonchev–Trinajstić information content (AvgIpc) is 3.03. The molecule has 1 aromatic rings. The van der Waals surface area contributed by atoms with Gasteiger partial charge in [0.1, 0.15) is 0 Å². The van der Waals surface area contributed by atoms with Crippen LogP contribution in [0.3, 0.4) is 0 Å². The lowest BCUT2D eigenvalue weighted by Crippen LogP contribution is -2.41. The highest BCUT2D eigenvalue weighted by Crippen LogP contribution is 2.30. The van der Waals surface area contributed by atoms with Crippen molar-refractivity contribution in [3.05, 3.63) is 17.5 Å². The summed E-state index contributed by atoms with van der Waals surface area (Å²) in [6.45, 7) is 4.22. The first kappa shape index (κ1) is 15.8. The van der Waals surface area contributed by atoms with Gasteiger partial charge in [0.05, 0.1) is 5.56 Å². The van der Waals surface area contributed by atoms with E-state index >= 15 is 0 Å². The van der Waals surface area contributed by atoms with E-state index in [2.05, 4.69) is 15.3 Å². The van der Waals surface area contributed by atoms with Crippen LogP contribution >= 0.6 is 0 Å². The van der Waals surface area contributed by atoms with Gasteiger partial charge in [0.2, 0.25) is 0 Å². The van der Waals surface area contributed by atoms with Crippen LogP contribution < -0.4 is 5.32 Å². The zero-order valence-electron chi connectivity index (χ0n) is 12.1. The molecule has 1 fully saturated rings. The Bertz CT molecular complexity index is 506. The number of likely N-dealkylation sites (tertiary alicyclic amines) is 1. The predicted octanol–water partition coefficient (Wildman–Crippen LogP) is 1.65. The molecule has 8 heteroatoms. The van der Waals surface area contributed by atoms with E-state index in [-0.39, 0.29) is 6.04 Å². The number of aryl methyl sites for hydroxylation is 1. The fourth-order valence-electron chi connectivity index (χ4n) is 2.51. The van der Waals surface area contributed by atoms with E-state index in [0.29, 0.717) is 6.54 Å². The zero-order chi connectivity index (χ0) is 15.6. The van der Waals surface area contributed by atoms with Gasteiger partial charge in [-0.15, -0.1) is 0 Å². The molecule has 0 bridgehead atoms. The van der Waals surface area contributed by atoms with Crippen molar-refractivity contribution in [2.45, 2.75) is 32.0 Å². The number of aromatic nitrogens is 2. The topological polar surface area (TPSA) is 50.2 Å². The molecule has 1 N–H and O–H groups in total. The average molecular weight is 304 g/mol. The Morgan fingerprint density at radius 1 is 1.43 bits per heavy atom. The number of nitrogens with zero attached hydrogens (tertiary/aromatic N) is 3. The van der Waals surface area contributed by atoms with Gasteiger partial charge in [0, 0.05) is 25.8 Å². The van der Waals surface area contributed by atoms with Gasteiger partial charge in [-0.3, -0.25) is 14.4 Å². The van der Waals surface area contributed by atoms with Crippen molar-refractivity contribution in [1.29, 1.82) is 0 Å². The molecule has 0 radical (unpaired) electrons. The number of carbonyl (C=O) groups excluding carboxylic acids is 1. The zero-order valence-corrected chi connectivity index (χ0v) is 12.1. The van der Waals surface area contributed by atoms with Crippen molar-refractivity contribution in [3.8, 4) is 0 Å². The minimum atomic E-state index is -4.63. The SMILES string of the molecule is CC(CNC(=O)c1cn(C)nc1C(F)(F)F)N1CCCC1. The number of rotatable bonds is 4. The maximum Gasteiger partial charge on any atom is 0.435 e. The van der Waals surface area contributed by atoms with E-state index in [1.165, 1.54) is 7.05 Å². The van der Waals surface area contributed by atoms with E-state index < -0.39 is 23.3 Å². The highest BCUT2D eigenvalue weighted by atomic mass is 19.4. The third-order valence-electron chi connectivity index (χ3n) is 3.66. The van der Waals surface area contributed by atoms with Crippen LogP contribution in [-0.4, -0.2) is 46.3 Å².